The van der Waals surface area contributed by atoms with Crippen LogP contribution in [0.4, 0.5) is 0 Å². The highest BCUT2D eigenvalue weighted by molar-refractivity contribution is 6.42. The number of carboxylic acids is 1. The van der Waals surface area contributed by atoms with Crippen molar-refractivity contribution in [2.75, 3.05) is 7.11 Å². The van der Waals surface area contributed by atoms with E-state index in [-0.39, 0.29) is 18.9 Å². The highest BCUT2D eigenvalue weighted by Gasteiger charge is 2.17. The Bertz CT molecular complexity index is 712. The van der Waals surface area contributed by atoms with Gasteiger partial charge in [0.15, 0.2) is 5.71 Å². The van der Waals surface area contributed by atoms with E-state index in [0.29, 0.717) is 22.4 Å². The van der Waals surface area contributed by atoms with E-state index in [9.17, 15) is 15.0 Å². The van der Waals surface area contributed by atoms with E-state index in [2.05, 4.69) is 9.99 Å². The van der Waals surface area contributed by atoms with Crippen LogP contribution in [0.5, 0.6) is 5.75 Å². The number of carbonyl (C=O) groups is 1. The molecule has 23 heavy (non-hydrogen) atoms. The average molecular weight is 315 g/mol. The Balaban J connectivity index is 2.27. The minimum Gasteiger partial charge on any atom is -0.489 e. The lowest BCUT2D eigenvalue weighted by molar-refractivity contribution is -0.129. The average Bonchev–Trinajstić information content (AvgIpc) is 2.58. The molecule has 0 bridgehead atoms. The molecule has 6 nitrogen and oxygen atoms in total. The molecule has 0 atom stereocenters. The number of hydrogen-bond acceptors (Lipinski definition) is 5. The molecule has 0 aromatic heterocycles. The number of oxime groups is 1. The minimum absolute atomic E-state index is 0.136. The maximum Gasteiger partial charge on any atom is 0.358 e. The lowest BCUT2D eigenvalue weighted by Gasteiger charge is -2.12. The fraction of sp³-hybridized carbons (Fsp3) is 0.176. The van der Waals surface area contributed by atoms with E-state index >= 15 is 0 Å². The number of aliphatic carboxylic acids is 1. The molecule has 0 fully saturated rings. The Morgan fingerprint density at radius 1 is 1.09 bits per heavy atom. The van der Waals surface area contributed by atoms with Crippen LogP contribution in [0, 0.1) is 0 Å². The van der Waals surface area contributed by atoms with Gasteiger partial charge in [-0.1, -0.05) is 47.6 Å². The van der Waals surface area contributed by atoms with Gasteiger partial charge < -0.3 is 19.8 Å². The van der Waals surface area contributed by atoms with E-state index < -0.39 is 5.97 Å². The van der Waals surface area contributed by atoms with Crippen LogP contribution < -0.4 is 4.74 Å². The molecule has 2 N–H and O–H groups in total. The third kappa shape index (κ3) is 4.08. The SMILES string of the molecule is CON=C(C(=O)O)c1ccccc1COc1ccccc1CO. The summed E-state index contributed by atoms with van der Waals surface area (Å²) in [4.78, 5) is 15.9. The van der Waals surface area contributed by atoms with Crippen LogP contribution in [0.15, 0.2) is 53.7 Å². The molecule has 2 aromatic rings. The monoisotopic (exact) mass is 315 g/mol. The molecule has 0 heterocycles. The van der Waals surface area contributed by atoms with E-state index in [1.54, 1.807) is 48.5 Å². The predicted molar refractivity (Wildman–Crippen MR) is 84.3 cm³/mol. The van der Waals surface area contributed by atoms with Crippen molar-refractivity contribution in [2.24, 2.45) is 5.16 Å². The first-order valence-corrected chi connectivity index (χ1v) is 6.91. The first-order valence-electron chi connectivity index (χ1n) is 6.91. The van der Waals surface area contributed by atoms with Crippen LogP contribution in [0.2, 0.25) is 0 Å². The Hall–Kier alpha value is -2.86. The largest absolute Gasteiger partial charge is 0.489 e. The van der Waals surface area contributed by atoms with E-state index in [0.717, 1.165) is 0 Å². The molecule has 0 amide bonds. The summed E-state index contributed by atoms with van der Waals surface area (Å²) in [6.45, 7) is 0.00648. The number of carboxylic acid groups (broad SMARTS) is 1. The zero-order chi connectivity index (χ0) is 16.7. The Morgan fingerprint density at radius 2 is 1.74 bits per heavy atom. The number of rotatable bonds is 7. The second kappa shape index (κ2) is 7.95. The third-order valence-electron chi connectivity index (χ3n) is 3.18. The normalized spacial score (nSPS) is 11.1. The highest BCUT2D eigenvalue weighted by Crippen LogP contribution is 2.20. The van der Waals surface area contributed by atoms with Gasteiger partial charge in [-0.3, -0.25) is 0 Å². The van der Waals surface area contributed by atoms with Gasteiger partial charge in [-0.25, -0.2) is 4.79 Å². The van der Waals surface area contributed by atoms with Gasteiger partial charge in [0, 0.05) is 11.1 Å². The molecule has 0 spiro atoms. The molecule has 0 saturated heterocycles. The van der Waals surface area contributed by atoms with Crippen molar-refractivity contribution in [3.8, 4) is 5.75 Å². The molecule has 0 aliphatic heterocycles. The van der Waals surface area contributed by atoms with Crippen LogP contribution in [0.25, 0.3) is 0 Å². The summed E-state index contributed by atoms with van der Waals surface area (Å²) in [5.41, 5.74) is 1.54. The quantitative estimate of drug-likeness (QED) is 0.604. The molecular formula is C17H17NO5. The summed E-state index contributed by atoms with van der Waals surface area (Å²) in [5.74, 6) is -0.639. The van der Waals surface area contributed by atoms with Crippen molar-refractivity contribution in [2.45, 2.75) is 13.2 Å². The zero-order valence-corrected chi connectivity index (χ0v) is 12.6. The van der Waals surface area contributed by atoms with Crippen LogP contribution in [0.3, 0.4) is 0 Å². The van der Waals surface area contributed by atoms with E-state index in [1.807, 2.05) is 0 Å². The van der Waals surface area contributed by atoms with Crippen molar-refractivity contribution in [1.29, 1.82) is 0 Å². The number of aliphatic hydroxyl groups is 1. The van der Waals surface area contributed by atoms with Gasteiger partial charge in [0.1, 0.15) is 19.5 Å². The smallest absolute Gasteiger partial charge is 0.358 e. The molecule has 0 aliphatic carbocycles. The number of hydrogen-bond donors (Lipinski definition) is 2. The molecule has 2 aromatic carbocycles. The van der Waals surface area contributed by atoms with Crippen LogP contribution >= 0.6 is 0 Å². The second-order valence-corrected chi connectivity index (χ2v) is 4.64. The Kier molecular flexibility index (Phi) is 5.71. The van der Waals surface area contributed by atoms with Crippen molar-refractivity contribution >= 4 is 11.7 Å². The number of ether oxygens (including phenoxy) is 1. The Labute approximate surface area is 133 Å². The van der Waals surface area contributed by atoms with Crippen molar-refractivity contribution in [3.63, 3.8) is 0 Å². The van der Waals surface area contributed by atoms with Gasteiger partial charge in [0.25, 0.3) is 0 Å². The topological polar surface area (TPSA) is 88.4 Å². The van der Waals surface area contributed by atoms with Crippen molar-refractivity contribution < 1.29 is 24.6 Å². The van der Waals surface area contributed by atoms with E-state index in [1.165, 1.54) is 7.11 Å². The van der Waals surface area contributed by atoms with Gasteiger partial charge in [0.2, 0.25) is 0 Å². The molecule has 0 unspecified atom stereocenters. The molecule has 2 rings (SSSR count). The Morgan fingerprint density at radius 3 is 2.39 bits per heavy atom. The first kappa shape index (κ1) is 16.5. The number of nitrogens with zero attached hydrogens (tertiary/aromatic N) is 1. The number of para-hydroxylation sites is 1. The molecule has 120 valence electrons. The summed E-state index contributed by atoms with van der Waals surface area (Å²) >= 11 is 0. The summed E-state index contributed by atoms with van der Waals surface area (Å²) < 4.78 is 5.71. The van der Waals surface area contributed by atoms with Gasteiger partial charge in [0.05, 0.1) is 6.61 Å². The molecule has 0 aliphatic rings. The fourth-order valence-corrected chi connectivity index (χ4v) is 2.10. The molecule has 0 saturated carbocycles. The van der Waals surface area contributed by atoms with Gasteiger partial charge in [-0.05, 0) is 11.6 Å². The lowest BCUT2D eigenvalue weighted by Crippen LogP contribution is -2.17. The van der Waals surface area contributed by atoms with Crippen LogP contribution in [-0.2, 0) is 22.8 Å². The minimum atomic E-state index is -1.19. The highest BCUT2D eigenvalue weighted by atomic mass is 16.6. The number of benzene rings is 2. The molecule has 6 heteroatoms. The van der Waals surface area contributed by atoms with Gasteiger partial charge in [-0.15, -0.1) is 0 Å². The number of aliphatic hydroxyl groups excluding tert-OH is 1. The predicted octanol–water partition coefficient (Wildman–Crippen LogP) is 2.19. The summed E-state index contributed by atoms with van der Waals surface area (Å²) in [5, 5.41) is 22.1. The lowest BCUT2D eigenvalue weighted by atomic mass is 10.0. The molecule has 0 radical (unpaired) electrons. The molecular weight excluding hydrogens is 298 g/mol. The van der Waals surface area contributed by atoms with Crippen molar-refractivity contribution in [3.05, 3.63) is 65.2 Å². The van der Waals surface area contributed by atoms with E-state index in [4.69, 9.17) is 4.74 Å². The standard InChI is InChI=1S/C17H17NO5/c1-22-18-16(17(20)21)14-8-4-2-7-13(14)11-23-15-9-5-3-6-12(15)10-19/h2-9,19H,10-11H2,1H3,(H,20,21). The summed E-state index contributed by atoms with van der Waals surface area (Å²) in [6, 6.07) is 14.0. The first-order chi connectivity index (χ1) is 11.2. The van der Waals surface area contributed by atoms with Crippen LogP contribution in [-0.4, -0.2) is 29.0 Å². The van der Waals surface area contributed by atoms with Crippen LogP contribution in [0.1, 0.15) is 16.7 Å². The third-order valence-corrected chi connectivity index (χ3v) is 3.18. The van der Waals surface area contributed by atoms with Crippen molar-refractivity contribution in [1.82, 2.24) is 0 Å². The maximum atomic E-state index is 11.3. The van der Waals surface area contributed by atoms with Gasteiger partial charge in [-0.2, -0.15) is 0 Å². The fourth-order valence-electron chi connectivity index (χ4n) is 2.10. The second-order valence-electron chi connectivity index (χ2n) is 4.64. The zero-order valence-electron chi connectivity index (χ0n) is 12.6. The van der Waals surface area contributed by atoms with Gasteiger partial charge >= 0.3 is 5.97 Å². The summed E-state index contributed by atoms with van der Waals surface area (Å²) in [6.07, 6.45) is 0. The summed E-state index contributed by atoms with van der Waals surface area (Å²) in [7, 11) is 1.29. The maximum absolute atomic E-state index is 11.3.